The summed E-state index contributed by atoms with van der Waals surface area (Å²) in [5.74, 6) is -3.12. The molecule has 8 nitrogen and oxygen atoms in total. The second-order valence-corrected chi connectivity index (χ2v) is 6.33. The fourth-order valence-electron chi connectivity index (χ4n) is 2.34. The third-order valence-electron chi connectivity index (χ3n) is 3.57. The summed E-state index contributed by atoms with van der Waals surface area (Å²) in [6.07, 6.45) is 0. The number of Topliss-reactive ketones (excluding diaryl/α,β-unsaturated/α-hetero) is 1. The van der Waals surface area contributed by atoms with E-state index in [9.17, 15) is 19.6 Å². The first kappa shape index (κ1) is 17.6. The normalized spacial score (nSPS) is 11.8. The number of ketones is 1. The lowest BCUT2D eigenvalue weighted by molar-refractivity contribution is -0.148. The lowest BCUT2D eigenvalue weighted by Crippen LogP contribution is -2.25. The van der Waals surface area contributed by atoms with Crippen molar-refractivity contribution < 1.29 is 18.7 Å². The van der Waals surface area contributed by atoms with Crippen molar-refractivity contribution in [2.24, 2.45) is 0 Å². The molecule has 0 spiro atoms. The van der Waals surface area contributed by atoms with Gasteiger partial charge < -0.3 is 9.15 Å². The predicted molar refractivity (Wildman–Crippen MR) is 91.6 cm³/mol. The zero-order chi connectivity index (χ0) is 18.7. The Hall–Kier alpha value is -3.25. The number of oxazole rings is 1. The van der Waals surface area contributed by atoms with Gasteiger partial charge in [-0.15, -0.1) is 11.3 Å². The van der Waals surface area contributed by atoms with E-state index in [-0.39, 0.29) is 0 Å². The molecular weight excluding hydrogens is 358 g/mol. The molecule has 0 unspecified atom stereocenters. The zero-order valence-electron chi connectivity index (χ0n) is 13.7. The number of carbonyl (C=O) groups is 2. The molecule has 1 aromatic carbocycles. The number of aromatic nitrogens is 2. The number of thiazole rings is 1. The molecule has 0 fully saturated rings. The van der Waals surface area contributed by atoms with E-state index in [1.54, 1.807) is 36.6 Å². The van der Waals surface area contributed by atoms with Crippen molar-refractivity contribution in [2.75, 3.05) is 6.61 Å². The molecule has 26 heavy (non-hydrogen) atoms. The molecule has 0 aliphatic heterocycles. The van der Waals surface area contributed by atoms with E-state index in [4.69, 9.17) is 9.15 Å². The van der Waals surface area contributed by atoms with Crippen LogP contribution in [0, 0.1) is 18.3 Å². The molecule has 0 saturated carbocycles. The number of benzene rings is 1. The molecule has 3 rings (SSSR count). The van der Waals surface area contributed by atoms with Crippen LogP contribution in [0.1, 0.15) is 16.6 Å². The smallest absolute Gasteiger partial charge is 0.420 e. The number of fused-ring (bicyclic) bond motifs is 1. The first-order valence-electron chi connectivity index (χ1n) is 7.58. The molecular formula is C17H13N3O5S. The Morgan fingerprint density at radius 3 is 2.88 bits per heavy atom. The van der Waals surface area contributed by atoms with Crippen LogP contribution in [0.3, 0.4) is 0 Å². The molecule has 0 amide bonds. The molecule has 2 heterocycles. The number of aryl methyl sites for hydroxylation is 1. The van der Waals surface area contributed by atoms with Crippen molar-refractivity contribution in [2.45, 2.75) is 19.4 Å². The Balaban J connectivity index is 1.65. The fraction of sp³-hybridized carbons (Fsp3) is 0.235. The molecule has 9 heteroatoms. The molecule has 0 aliphatic rings. The highest BCUT2D eigenvalue weighted by Gasteiger charge is 2.24. The molecule has 0 bridgehead atoms. The molecule has 0 N–H and O–H groups in total. The van der Waals surface area contributed by atoms with E-state index in [0.29, 0.717) is 21.8 Å². The van der Waals surface area contributed by atoms with Crippen molar-refractivity contribution >= 4 is 34.2 Å². The number of esters is 1. The summed E-state index contributed by atoms with van der Waals surface area (Å²) in [6.45, 7) is 0.794. The SMILES string of the molecule is Cc1csc([C@H](C#N)C(=O)COC(=O)Cn2c(=O)oc3ccccc32)n1. The molecule has 1 atom stereocenters. The number of hydrogen-bond donors (Lipinski definition) is 0. The third-order valence-corrected chi connectivity index (χ3v) is 4.60. The summed E-state index contributed by atoms with van der Waals surface area (Å²) in [4.78, 5) is 40.1. The van der Waals surface area contributed by atoms with Gasteiger partial charge in [0.2, 0.25) is 0 Å². The average molecular weight is 371 g/mol. The van der Waals surface area contributed by atoms with E-state index < -0.39 is 36.6 Å². The highest BCUT2D eigenvalue weighted by atomic mass is 32.1. The lowest BCUT2D eigenvalue weighted by atomic mass is 10.1. The molecule has 2 aromatic heterocycles. The van der Waals surface area contributed by atoms with Gasteiger partial charge in [0.15, 0.2) is 23.9 Å². The summed E-state index contributed by atoms with van der Waals surface area (Å²) in [5, 5.41) is 11.3. The monoisotopic (exact) mass is 371 g/mol. The van der Waals surface area contributed by atoms with E-state index in [2.05, 4.69) is 4.98 Å². The molecule has 3 aromatic rings. The first-order valence-corrected chi connectivity index (χ1v) is 8.46. The maximum atomic E-state index is 12.2. The van der Waals surface area contributed by atoms with Crippen molar-refractivity contribution in [1.29, 1.82) is 5.26 Å². The number of nitriles is 1. The van der Waals surface area contributed by atoms with Crippen LogP contribution < -0.4 is 5.76 Å². The van der Waals surface area contributed by atoms with Crippen LogP contribution >= 0.6 is 11.3 Å². The van der Waals surface area contributed by atoms with E-state index in [1.807, 2.05) is 6.07 Å². The van der Waals surface area contributed by atoms with Crippen LogP contribution in [-0.2, 0) is 20.9 Å². The summed E-state index contributed by atoms with van der Waals surface area (Å²) in [6, 6.07) is 8.52. The van der Waals surface area contributed by atoms with Crippen molar-refractivity contribution in [3.8, 4) is 6.07 Å². The minimum atomic E-state index is -1.08. The average Bonchev–Trinajstić information content (AvgIpc) is 3.18. The van der Waals surface area contributed by atoms with Crippen molar-refractivity contribution in [3.05, 3.63) is 50.9 Å². The minimum Gasteiger partial charge on any atom is -0.456 e. The lowest BCUT2D eigenvalue weighted by Gasteiger charge is -2.07. The second-order valence-electron chi connectivity index (χ2n) is 5.44. The Morgan fingerprint density at radius 1 is 1.42 bits per heavy atom. The van der Waals surface area contributed by atoms with Gasteiger partial charge in [0.25, 0.3) is 0 Å². The topological polar surface area (TPSA) is 115 Å². The van der Waals surface area contributed by atoms with Crippen LogP contribution in [-0.4, -0.2) is 27.9 Å². The Labute approximate surface area is 151 Å². The van der Waals surface area contributed by atoms with Gasteiger partial charge in [-0.05, 0) is 19.1 Å². The van der Waals surface area contributed by atoms with Gasteiger partial charge in [-0.1, -0.05) is 12.1 Å². The van der Waals surface area contributed by atoms with Gasteiger partial charge in [0, 0.05) is 11.1 Å². The Kier molecular flexibility index (Phi) is 4.95. The number of para-hydroxylation sites is 2. The molecule has 132 valence electrons. The van der Waals surface area contributed by atoms with E-state index >= 15 is 0 Å². The first-order chi connectivity index (χ1) is 12.5. The van der Waals surface area contributed by atoms with Crippen LogP contribution in [0.25, 0.3) is 11.1 Å². The quantitative estimate of drug-likeness (QED) is 0.606. The van der Waals surface area contributed by atoms with Gasteiger partial charge >= 0.3 is 11.7 Å². The Morgan fingerprint density at radius 2 is 2.19 bits per heavy atom. The third kappa shape index (κ3) is 3.55. The number of rotatable bonds is 6. The summed E-state index contributed by atoms with van der Waals surface area (Å²) < 4.78 is 11.1. The van der Waals surface area contributed by atoms with E-state index in [0.717, 1.165) is 4.57 Å². The molecule has 0 saturated heterocycles. The number of nitrogens with zero attached hydrogens (tertiary/aromatic N) is 3. The van der Waals surface area contributed by atoms with Gasteiger partial charge in [-0.2, -0.15) is 5.26 Å². The van der Waals surface area contributed by atoms with Crippen molar-refractivity contribution in [1.82, 2.24) is 9.55 Å². The van der Waals surface area contributed by atoms with Gasteiger partial charge in [0.1, 0.15) is 11.6 Å². The standard InChI is InChI=1S/C17H13N3O5S/c1-10-9-26-16(19-10)11(6-18)13(21)8-24-15(22)7-20-12-4-2-3-5-14(12)25-17(20)23/h2-5,9,11H,7-8H2,1H3/t11-/m1/s1. The minimum absolute atomic E-state index is 0.352. The summed E-state index contributed by atoms with van der Waals surface area (Å²) >= 11 is 1.20. The van der Waals surface area contributed by atoms with Gasteiger partial charge in [-0.3, -0.25) is 14.2 Å². The number of hydrogen-bond acceptors (Lipinski definition) is 8. The maximum absolute atomic E-state index is 12.2. The largest absolute Gasteiger partial charge is 0.456 e. The number of ether oxygens (including phenoxy) is 1. The van der Waals surface area contributed by atoms with E-state index in [1.165, 1.54) is 11.3 Å². The van der Waals surface area contributed by atoms with Crippen molar-refractivity contribution in [3.63, 3.8) is 0 Å². The summed E-state index contributed by atoms with van der Waals surface area (Å²) in [7, 11) is 0. The molecule has 0 aliphatic carbocycles. The predicted octanol–water partition coefficient (Wildman–Crippen LogP) is 1.78. The van der Waals surface area contributed by atoms with Crippen LogP contribution in [0.2, 0.25) is 0 Å². The second kappa shape index (κ2) is 7.33. The summed E-state index contributed by atoms with van der Waals surface area (Å²) in [5.41, 5.74) is 1.51. The molecule has 0 radical (unpaired) electrons. The van der Waals surface area contributed by atoms with Gasteiger partial charge in [-0.25, -0.2) is 9.78 Å². The number of carbonyl (C=O) groups excluding carboxylic acids is 2. The highest BCUT2D eigenvalue weighted by Crippen LogP contribution is 2.20. The fourth-order valence-corrected chi connectivity index (χ4v) is 3.20. The maximum Gasteiger partial charge on any atom is 0.420 e. The highest BCUT2D eigenvalue weighted by molar-refractivity contribution is 7.09. The van der Waals surface area contributed by atoms with Crippen LogP contribution in [0.4, 0.5) is 0 Å². The zero-order valence-corrected chi connectivity index (χ0v) is 14.5. The van der Waals surface area contributed by atoms with Crippen LogP contribution in [0.5, 0.6) is 0 Å². The Bertz CT molecular complexity index is 1070. The van der Waals surface area contributed by atoms with Crippen LogP contribution in [0.15, 0.2) is 38.9 Å². The van der Waals surface area contributed by atoms with Gasteiger partial charge in [0.05, 0.1) is 11.6 Å².